The molecule has 0 radical (unpaired) electrons. The largest absolute Gasteiger partial charge is 0.465 e. The lowest BCUT2D eigenvalue weighted by Gasteiger charge is -2.29. The first-order valence-electron chi connectivity index (χ1n) is 11.6. The van der Waals surface area contributed by atoms with Crippen LogP contribution in [-0.2, 0) is 11.2 Å². The van der Waals surface area contributed by atoms with Gasteiger partial charge in [-0.3, -0.25) is 4.98 Å². The molecule has 0 aliphatic carbocycles. The molecule has 2 unspecified atom stereocenters. The fourth-order valence-corrected chi connectivity index (χ4v) is 4.92. The van der Waals surface area contributed by atoms with Crippen LogP contribution in [0.1, 0.15) is 46.3 Å². The first-order valence-corrected chi connectivity index (χ1v) is 12.0. The minimum atomic E-state index is -0.355. The molecule has 1 fully saturated rings. The maximum absolute atomic E-state index is 11.9. The summed E-state index contributed by atoms with van der Waals surface area (Å²) >= 11 is 5.86. The van der Waals surface area contributed by atoms with Gasteiger partial charge in [-0.1, -0.05) is 25.1 Å². The lowest BCUT2D eigenvalue weighted by Crippen LogP contribution is -2.30. The Hall–Kier alpha value is -3.97. The van der Waals surface area contributed by atoms with Crippen molar-refractivity contribution in [3.63, 3.8) is 0 Å². The smallest absolute Gasteiger partial charge is 0.337 e. The molecule has 6 nitrogen and oxygen atoms in total. The molecular weight excluding hydrogens is 456 g/mol. The quantitative estimate of drug-likeness (QED) is 0.293. The third-order valence-electron chi connectivity index (χ3n) is 6.37. The van der Waals surface area contributed by atoms with Crippen molar-refractivity contribution in [3.8, 4) is 5.69 Å². The number of aromatic nitrogens is 2. The molecule has 4 aromatic rings. The van der Waals surface area contributed by atoms with Crippen LogP contribution < -0.4 is 10.2 Å². The number of rotatable bonds is 6. The van der Waals surface area contributed by atoms with E-state index in [1.165, 1.54) is 12.7 Å². The molecule has 7 heteroatoms. The van der Waals surface area contributed by atoms with Crippen molar-refractivity contribution in [2.24, 2.45) is 0 Å². The van der Waals surface area contributed by atoms with E-state index in [1.54, 1.807) is 18.3 Å². The Morgan fingerprint density at radius 2 is 1.74 bits per heavy atom. The standard InChI is InChI=1S/C28H26N4O2S/c1-3-19-9-13-22(14-10-19)32-26(25(30-28(32)35)23-7-4-5-17-29-23)24-8-6-18-31(24)21-15-11-20(12-16-21)27(33)34-2/h4-18,25-26H,3H2,1-2H3,(H,30,35). The fraction of sp³-hybridized carbons (Fsp3) is 0.179. The fourth-order valence-electron chi connectivity index (χ4n) is 4.57. The number of carbonyl (C=O) groups is 1. The van der Waals surface area contributed by atoms with Crippen LogP contribution in [0.2, 0.25) is 0 Å². The van der Waals surface area contributed by atoms with Gasteiger partial charge in [-0.15, -0.1) is 0 Å². The van der Waals surface area contributed by atoms with Crippen molar-refractivity contribution in [3.05, 3.63) is 114 Å². The van der Waals surface area contributed by atoms with Crippen molar-refractivity contribution in [1.82, 2.24) is 14.9 Å². The predicted octanol–water partition coefficient (Wildman–Crippen LogP) is 5.40. The van der Waals surface area contributed by atoms with E-state index < -0.39 is 0 Å². The Balaban J connectivity index is 1.60. The van der Waals surface area contributed by atoms with E-state index in [0.29, 0.717) is 10.7 Å². The number of hydrogen-bond acceptors (Lipinski definition) is 4. The Morgan fingerprint density at radius 3 is 2.40 bits per heavy atom. The van der Waals surface area contributed by atoms with Gasteiger partial charge >= 0.3 is 5.97 Å². The summed E-state index contributed by atoms with van der Waals surface area (Å²) in [5, 5.41) is 4.17. The average molecular weight is 483 g/mol. The van der Waals surface area contributed by atoms with Gasteiger partial charge in [0.2, 0.25) is 0 Å². The molecule has 0 saturated carbocycles. The number of anilines is 1. The third kappa shape index (κ3) is 4.31. The zero-order valence-corrected chi connectivity index (χ0v) is 20.4. The van der Waals surface area contributed by atoms with E-state index in [2.05, 4.69) is 57.0 Å². The molecule has 3 heterocycles. The summed E-state index contributed by atoms with van der Waals surface area (Å²) in [6.45, 7) is 2.15. The predicted molar refractivity (Wildman–Crippen MR) is 141 cm³/mol. The number of nitrogens with zero attached hydrogens (tertiary/aromatic N) is 3. The van der Waals surface area contributed by atoms with Gasteiger partial charge in [0.25, 0.3) is 0 Å². The zero-order valence-electron chi connectivity index (χ0n) is 19.6. The Kier molecular flexibility index (Phi) is 6.33. The number of nitrogens with one attached hydrogen (secondary N) is 1. The van der Waals surface area contributed by atoms with Gasteiger partial charge in [0.1, 0.15) is 6.04 Å². The van der Waals surface area contributed by atoms with E-state index in [0.717, 1.165) is 29.2 Å². The minimum Gasteiger partial charge on any atom is -0.465 e. The van der Waals surface area contributed by atoms with E-state index in [9.17, 15) is 4.79 Å². The number of hydrogen-bond donors (Lipinski definition) is 1. The molecule has 1 saturated heterocycles. The van der Waals surface area contributed by atoms with E-state index in [1.807, 2.05) is 42.6 Å². The van der Waals surface area contributed by atoms with Gasteiger partial charge in [-0.05, 0) is 84.9 Å². The van der Waals surface area contributed by atoms with E-state index in [4.69, 9.17) is 17.0 Å². The van der Waals surface area contributed by atoms with Gasteiger partial charge in [-0.25, -0.2) is 4.79 Å². The van der Waals surface area contributed by atoms with Crippen LogP contribution >= 0.6 is 12.2 Å². The molecule has 1 aliphatic rings. The van der Waals surface area contributed by atoms with Crippen molar-refractivity contribution >= 4 is 29.0 Å². The highest BCUT2D eigenvalue weighted by Gasteiger charge is 2.42. The Bertz CT molecular complexity index is 1330. The Labute approximate surface area is 210 Å². The molecule has 176 valence electrons. The van der Waals surface area contributed by atoms with Crippen LogP contribution in [0.4, 0.5) is 5.69 Å². The van der Waals surface area contributed by atoms with Crippen LogP contribution in [0, 0.1) is 0 Å². The van der Waals surface area contributed by atoms with Crippen molar-refractivity contribution < 1.29 is 9.53 Å². The second-order valence-corrected chi connectivity index (χ2v) is 8.74. The zero-order chi connectivity index (χ0) is 24.4. The number of ether oxygens (including phenoxy) is 1. The normalized spacial score (nSPS) is 17.3. The summed E-state index contributed by atoms with van der Waals surface area (Å²) in [7, 11) is 1.38. The number of benzene rings is 2. The molecule has 1 N–H and O–H groups in total. The number of carbonyl (C=O) groups excluding carboxylic acids is 1. The van der Waals surface area contributed by atoms with Crippen LogP contribution in [0.5, 0.6) is 0 Å². The van der Waals surface area contributed by atoms with Gasteiger partial charge in [0.05, 0.1) is 24.4 Å². The SMILES string of the molecule is CCc1ccc(N2C(=S)NC(c3ccccn3)C2c2cccn2-c2ccc(C(=O)OC)cc2)cc1. The van der Waals surface area contributed by atoms with Crippen LogP contribution in [0.15, 0.2) is 91.3 Å². The second kappa shape index (κ2) is 9.72. The molecule has 2 atom stereocenters. The maximum atomic E-state index is 11.9. The summed E-state index contributed by atoms with van der Waals surface area (Å²) < 4.78 is 6.97. The van der Waals surface area contributed by atoms with Crippen LogP contribution in [0.3, 0.4) is 0 Å². The molecule has 0 spiro atoms. The van der Waals surface area contributed by atoms with Gasteiger partial charge in [0, 0.05) is 29.5 Å². The second-order valence-electron chi connectivity index (χ2n) is 8.36. The van der Waals surface area contributed by atoms with E-state index in [-0.39, 0.29) is 18.1 Å². The lowest BCUT2D eigenvalue weighted by molar-refractivity contribution is 0.0600. The first kappa shape index (κ1) is 22.8. The molecule has 0 amide bonds. The first-order chi connectivity index (χ1) is 17.1. The topological polar surface area (TPSA) is 59.4 Å². The molecule has 2 aromatic carbocycles. The highest BCUT2D eigenvalue weighted by Crippen LogP contribution is 2.42. The molecule has 0 bridgehead atoms. The monoisotopic (exact) mass is 482 g/mol. The van der Waals surface area contributed by atoms with Gasteiger partial charge in [0.15, 0.2) is 5.11 Å². The molecule has 1 aliphatic heterocycles. The highest BCUT2D eigenvalue weighted by atomic mass is 32.1. The van der Waals surface area contributed by atoms with Gasteiger partial charge in [-0.2, -0.15) is 0 Å². The minimum absolute atomic E-state index is 0.139. The van der Waals surface area contributed by atoms with Gasteiger partial charge < -0.3 is 19.5 Å². The number of aryl methyl sites for hydroxylation is 1. The summed E-state index contributed by atoms with van der Waals surface area (Å²) in [6.07, 6.45) is 4.81. The number of methoxy groups -OCH3 is 1. The summed E-state index contributed by atoms with van der Waals surface area (Å²) in [5.74, 6) is -0.355. The summed E-state index contributed by atoms with van der Waals surface area (Å²) in [4.78, 5) is 18.7. The summed E-state index contributed by atoms with van der Waals surface area (Å²) in [5.41, 5.74) is 5.73. The number of thiocarbonyl (C=S) groups is 1. The maximum Gasteiger partial charge on any atom is 0.337 e. The molecule has 5 rings (SSSR count). The van der Waals surface area contributed by atoms with Crippen LogP contribution in [-0.4, -0.2) is 27.7 Å². The van der Waals surface area contributed by atoms with Crippen molar-refractivity contribution in [2.75, 3.05) is 12.0 Å². The average Bonchev–Trinajstić information content (AvgIpc) is 3.53. The third-order valence-corrected chi connectivity index (χ3v) is 6.69. The van der Waals surface area contributed by atoms with Crippen molar-refractivity contribution in [2.45, 2.75) is 25.4 Å². The molecule has 2 aromatic heterocycles. The number of esters is 1. The number of pyridine rings is 1. The molecular formula is C28H26N4O2S. The highest BCUT2D eigenvalue weighted by molar-refractivity contribution is 7.80. The van der Waals surface area contributed by atoms with E-state index >= 15 is 0 Å². The van der Waals surface area contributed by atoms with Crippen molar-refractivity contribution in [1.29, 1.82) is 0 Å². The summed E-state index contributed by atoms with van der Waals surface area (Å²) in [6, 6.07) is 25.7. The Morgan fingerprint density at radius 1 is 1.00 bits per heavy atom. The van der Waals surface area contributed by atoms with Crippen LogP contribution in [0.25, 0.3) is 5.69 Å². The molecule has 35 heavy (non-hydrogen) atoms. The lowest BCUT2D eigenvalue weighted by atomic mass is 10.0.